The summed E-state index contributed by atoms with van der Waals surface area (Å²) in [6.45, 7) is 0.134. The molecule has 0 atom stereocenters. The third-order valence-corrected chi connectivity index (χ3v) is 4.37. The quantitative estimate of drug-likeness (QED) is 0.526. The maximum absolute atomic E-state index is 13.8. The van der Waals surface area contributed by atoms with Gasteiger partial charge in [-0.2, -0.15) is 0 Å². The van der Waals surface area contributed by atoms with E-state index < -0.39 is 0 Å². The van der Waals surface area contributed by atoms with Crippen LogP contribution in [-0.4, -0.2) is 9.97 Å². The number of rotatable bonds is 4. The summed E-state index contributed by atoms with van der Waals surface area (Å²) in [5, 5.41) is 1.38. The molecule has 1 heterocycles. The second-order valence-corrected chi connectivity index (χ2v) is 6.44. The molecule has 4 nitrogen and oxygen atoms in total. The van der Waals surface area contributed by atoms with Crippen molar-refractivity contribution in [2.45, 2.75) is 6.61 Å². The lowest BCUT2D eigenvalue weighted by Crippen LogP contribution is -2.00. The Balaban J connectivity index is 1.70. The molecular formula is C21H15ClFN3O. The number of fused-ring (bicyclic) bond motifs is 1. The summed E-state index contributed by atoms with van der Waals surface area (Å²) < 4.78 is 19.5. The second-order valence-electron chi connectivity index (χ2n) is 6.00. The van der Waals surface area contributed by atoms with Gasteiger partial charge in [0.25, 0.3) is 0 Å². The van der Waals surface area contributed by atoms with Crippen molar-refractivity contribution in [1.82, 2.24) is 9.97 Å². The molecular weight excluding hydrogens is 365 g/mol. The van der Waals surface area contributed by atoms with Crippen molar-refractivity contribution in [3.8, 4) is 17.0 Å². The van der Waals surface area contributed by atoms with Gasteiger partial charge in [-0.3, -0.25) is 0 Å². The van der Waals surface area contributed by atoms with E-state index >= 15 is 0 Å². The topological polar surface area (TPSA) is 61.0 Å². The van der Waals surface area contributed by atoms with E-state index in [1.165, 1.54) is 6.07 Å². The zero-order chi connectivity index (χ0) is 18.8. The van der Waals surface area contributed by atoms with Crippen LogP contribution in [-0.2, 0) is 6.61 Å². The molecule has 0 bridgehead atoms. The van der Waals surface area contributed by atoms with Gasteiger partial charge in [0.1, 0.15) is 18.2 Å². The number of ether oxygens (including phenoxy) is 1. The highest BCUT2D eigenvalue weighted by Gasteiger charge is 2.11. The third kappa shape index (κ3) is 3.68. The maximum atomic E-state index is 13.8. The normalized spacial score (nSPS) is 10.9. The molecule has 0 saturated carbocycles. The van der Waals surface area contributed by atoms with Gasteiger partial charge in [-0.15, -0.1) is 0 Å². The lowest BCUT2D eigenvalue weighted by molar-refractivity contribution is 0.300. The molecule has 0 spiro atoms. The average molecular weight is 380 g/mol. The van der Waals surface area contributed by atoms with Crippen LogP contribution in [0.15, 0.2) is 66.7 Å². The fraction of sp³-hybridized carbons (Fsp3) is 0.0476. The highest BCUT2D eigenvalue weighted by Crippen LogP contribution is 2.31. The zero-order valence-corrected chi connectivity index (χ0v) is 14.9. The van der Waals surface area contributed by atoms with Crippen molar-refractivity contribution in [3.63, 3.8) is 0 Å². The van der Waals surface area contributed by atoms with E-state index in [-0.39, 0.29) is 18.4 Å². The van der Waals surface area contributed by atoms with Crippen LogP contribution >= 0.6 is 11.6 Å². The van der Waals surface area contributed by atoms with Crippen molar-refractivity contribution < 1.29 is 9.13 Å². The largest absolute Gasteiger partial charge is 0.489 e. The van der Waals surface area contributed by atoms with E-state index in [9.17, 15) is 4.39 Å². The number of nitrogens with two attached hydrogens (primary N) is 1. The van der Waals surface area contributed by atoms with Crippen molar-refractivity contribution >= 4 is 28.5 Å². The molecule has 0 fully saturated rings. The summed E-state index contributed by atoms with van der Waals surface area (Å²) in [7, 11) is 0. The first-order chi connectivity index (χ1) is 13.1. The number of nitrogens with zero attached hydrogens (tertiary/aromatic N) is 2. The molecule has 0 saturated heterocycles. The summed E-state index contributed by atoms with van der Waals surface area (Å²) in [5.74, 6) is 0.485. The summed E-state index contributed by atoms with van der Waals surface area (Å²) in [6.07, 6.45) is 0. The van der Waals surface area contributed by atoms with Gasteiger partial charge in [0.05, 0.1) is 11.2 Å². The fourth-order valence-electron chi connectivity index (χ4n) is 2.85. The minimum Gasteiger partial charge on any atom is -0.489 e. The van der Waals surface area contributed by atoms with Crippen LogP contribution in [0.1, 0.15) is 5.56 Å². The van der Waals surface area contributed by atoms with E-state index in [0.717, 1.165) is 10.9 Å². The van der Waals surface area contributed by atoms with Crippen molar-refractivity contribution in [2.24, 2.45) is 0 Å². The first kappa shape index (κ1) is 17.2. The number of anilines is 1. The molecule has 4 aromatic rings. The molecule has 0 amide bonds. The van der Waals surface area contributed by atoms with Crippen LogP contribution in [0, 0.1) is 5.82 Å². The number of nitrogen functional groups attached to an aromatic ring is 1. The van der Waals surface area contributed by atoms with Gasteiger partial charge in [-0.25, -0.2) is 14.4 Å². The summed E-state index contributed by atoms with van der Waals surface area (Å²) in [4.78, 5) is 8.62. The Morgan fingerprint density at radius 3 is 2.67 bits per heavy atom. The van der Waals surface area contributed by atoms with Crippen LogP contribution in [0.5, 0.6) is 5.75 Å². The number of aromatic nitrogens is 2. The van der Waals surface area contributed by atoms with Gasteiger partial charge < -0.3 is 10.5 Å². The summed E-state index contributed by atoms with van der Waals surface area (Å²) in [5.41, 5.74) is 8.53. The molecule has 4 rings (SSSR count). The molecule has 0 radical (unpaired) electrons. The Morgan fingerprint density at radius 1 is 0.963 bits per heavy atom. The predicted octanol–water partition coefficient (Wildman–Crippen LogP) is 5.25. The minimum absolute atomic E-state index is 0.134. The monoisotopic (exact) mass is 379 g/mol. The first-order valence-electron chi connectivity index (χ1n) is 8.29. The standard InChI is InChI=1S/C21H15ClFN3O/c22-15-8-9-19-17(11-15)20(26-21(24)25-19)13-5-3-6-16(10-13)27-12-14-4-1-2-7-18(14)23/h1-11H,12H2,(H2,24,25,26). The van der Waals surface area contributed by atoms with E-state index in [1.54, 1.807) is 36.4 Å². The van der Waals surface area contributed by atoms with Gasteiger partial charge in [0, 0.05) is 21.5 Å². The van der Waals surface area contributed by atoms with Crippen LogP contribution in [0.4, 0.5) is 10.3 Å². The Morgan fingerprint density at radius 2 is 1.81 bits per heavy atom. The van der Waals surface area contributed by atoms with Crippen molar-refractivity contribution in [1.29, 1.82) is 0 Å². The van der Waals surface area contributed by atoms with Crippen molar-refractivity contribution in [2.75, 3.05) is 5.73 Å². The van der Waals surface area contributed by atoms with Crippen molar-refractivity contribution in [3.05, 3.63) is 83.1 Å². The zero-order valence-electron chi connectivity index (χ0n) is 14.2. The number of hydrogen-bond donors (Lipinski definition) is 1. The van der Waals surface area contributed by atoms with E-state index in [0.29, 0.717) is 27.5 Å². The Bertz CT molecular complexity index is 1130. The molecule has 134 valence electrons. The maximum Gasteiger partial charge on any atom is 0.221 e. The van der Waals surface area contributed by atoms with Crippen LogP contribution in [0.2, 0.25) is 5.02 Å². The van der Waals surface area contributed by atoms with Crippen LogP contribution < -0.4 is 10.5 Å². The molecule has 3 aromatic carbocycles. The van der Waals surface area contributed by atoms with Gasteiger partial charge in [-0.05, 0) is 36.4 Å². The SMILES string of the molecule is Nc1nc(-c2cccc(OCc3ccccc3F)c2)c2cc(Cl)ccc2n1. The smallest absolute Gasteiger partial charge is 0.221 e. The Kier molecular flexibility index (Phi) is 4.60. The number of benzene rings is 3. The lowest BCUT2D eigenvalue weighted by atomic mass is 10.1. The minimum atomic E-state index is -0.294. The first-order valence-corrected chi connectivity index (χ1v) is 8.67. The van der Waals surface area contributed by atoms with E-state index in [1.807, 2.05) is 24.3 Å². The van der Waals surface area contributed by atoms with Gasteiger partial charge in [0.2, 0.25) is 5.95 Å². The highest BCUT2D eigenvalue weighted by atomic mass is 35.5. The number of hydrogen-bond acceptors (Lipinski definition) is 4. The molecule has 0 aliphatic heterocycles. The Hall–Kier alpha value is -3.18. The third-order valence-electron chi connectivity index (χ3n) is 4.13. The van der Waals surface area contributed by atoms with Gasteiger partial charge >= 0.3 is 0 Å². The summed E-state index contributed by atoms with van der Waals surface area (Å²) >= 11 is 6.13. The fourth-order valence-corrected chi connectivity index (χ4v) is 3.02. The molecule has 27 heavy (non-hydrogen) atoms. The molecule has 2 N–H and O–H groups in total. The van der Waals surface area contributed by atoms with Crippen LogP contribution in [0.3, 0.4) is 0 Å². The molecule has 1 aromatic heterocycles. The number of halogens is 2. The van der Waals surface area contributed by atoms with Gasteiger partial charge in [-0.1, -0.05) is 41.9 Å². The lowest BCUT2D eigenvalue weighted by Gasteiger charge is -2.11. The second kappa shape index (κ2) is 7.21. The Labute approximate surface area is 160 Å². The highest BCUT2D eigenvalue weighted by molar-refractivity contribution is 6.31. The predicted molar refractivity (Wildman–Crippen MR) is 105 cm³/mol. The molecule has 6 heteroatoms. The summed E-state index contributed by atoms with van der Waals surface area (Å²) in [6, 6.07) is 19.3. The van der Waals surface area contributed by atoms with Crippen LogP contribution in [0.25, 0.3) is 22.2 Å². The average Bonchev–Trinajstić information content (AvgIpc) is 2.67. The molecule has 0 aliphatic rings. The van der Waals surface area contributed by atoms with E-state index in [4.69, 9.17) is 22.1 Å². The molecule has 0 aliphatic carbocycles. The van der Waals surface area contributed by atoms with Gasteiger partial charge in [0.15, 0.2) is 0 Å². The van der Waals surface area contributed by atoms with E-state index in [2.05, 4.69) is 9.97 Å². The molecule has 0 unspecified atom stereocenters.